The van der Waals surface area contributed by atoms with Gasteiger partial charge in [-0.2, -0.15) is 0 Å². The molecule has 0 spiro atoms. The van der Waals surface area contributed by atoms with Gasteiger partial charge in [0.2, 0.25) is 6.10 Å². The zero-order valence-electron chi connectivity index (χ0n) is 6.69. The lowest BCUT2D eigenvalue weighted by molar-refractivity contribution is -0.149. The van der Waals surface area contributed by atoms with Gasteiger partial charge in [0.15, 0.2) is 0 Å². The monoisotopic (exact) mass is 170 g/mol. The Balaban J connectivity index is 2.57. The van der Waals surface area contributed by atoms with E-state index in [4.69, 9.17) is 4.74 Å². The maximum absolute atomic E-state index is 10.8. The van der Waals surface area contributed by atoms with Crippen molar-refractivity contribution in [3.63, 3.8) is 0 Å². The molecular formula is C8H10O4. The normalized spacial score (nSPS) is 17.7. The van der Waals surface area contributed by atoms with E-state index in [9.17, 15) is 9.90 Å². The summed E-state index contributed by atoms with van der Waals surface area (Å²) >= 11 is 0. The average Bonchev–Trinajstić information content (AvgIpc) is 2.17. The van der Waals surface area contributed by atoms with E-state index in [0.717, 1.165) is 0 Å². The number of rotatable bonds is 2. The number of ether oxygens (including phenoxy) is 2. The van der Waals surface area contributed by atoms with Crippen LogP contribution in [0.4, 0.5) is 0 Å². The van der Waals surface area contributed by atoms with Crippen LogP contribution in [-0.4, -0.2) is 24.3 Å². The second-order valence-electron chi connectivity index (χ2n) is 2.26. The second kappa shape index (κ2) is 3.92. The van der Waals surface area contributed by atoms with Crippen LogP contribution in [0.15, 0.2) is 24.2 Å². The Bertz CT molecular complexity index is 229. The zero-order chi connectivity index (χ0) is 8.97. The SMILES string of the molecule is COC(=O)C(O)C1=CCC=CO1. The predicted molar refractivity (Wildman–Crippen MR) is 40.9 cm³/mol. The van der Waals surface area contributed by atoms with Crippen LogP contribution in [0, 0.1) is 0 Å². The maximum atomic E-state index is 10.8. The average molecular weight is 170 g/mol. The highest BCUT2D eigenvalue weighted by Gasteiger charge is 2.22. The van der Waals surface area contributed by atoms with Gasteiger partial charge in [0, 0.05) is 0 Å². The van der Waals surface area contributed by atoms with Crippen molar-refractivity contribution >= 4 is 5.97 Å². The molecule has 1 heterocycles. The molecular weight excluding hydrogens is 160 g/mol. The van der Waals surface area contributed by atoms with E-state index in [-0.39, 0.29) is 5.76 Å². The Kier molecular flexibility index (Phi) is 2.88. The van der Waals surface area contributed by atoms with E-state index >= 15 is 0 Å². The molecule has 12 heavy (non-hydrogen) atoms. The van der Waals surface area contributed by atoms with Crippen molar-refractivity contribution in [3.05, 3.63) is 24.2 Å². The fraction of sp³-hybridized carbons (Fsp3) is 0.375. The standard InChI is InChI=1S/C8H10O4/c1-11-8(10)7(9)6-4-2-3-5-12-6/h3-5,7,9H,2H2,1H3. The summed E-state index contributed by atoms with van der Waals surface area (Å²) in [5.41, 5.74) is 0. The molecule has 66 valence electrons. The van der Waals surface area contributed by atoms with Gasteiger partial charge in [-0.3, -0.25) is 0 Å². The largest absolute Gasteiger partial charge is 0.467 e. The molecule has 0 aliphatic carbocycles. The van der Waals surface area contributed by atoms with Crippen molar-refractivity contribution < 1.29 is 19.4 Å². The lowest BCUT2D eigenvalue weighted by atomic mass is 10.2. The van der Waals surface area contributed by atoms with Gasteiger partial charge in [0.05, 0.1) is 13.4 Å². The molecule has 1 aliphatic rings. The summed E-state index contributed by atoms with van der Waals surface area (Å²) in [5, 5.41) is 9.24. The number of hydrogen-bond acceptors (Lipinski definition) is 4. The minimum Gasteiger partial charge on any atom is -0.467 e. The molecule has 4 heteroatoms. The fourth-order valence-electron chi connectivity index (χ4n) is 0.818. The van der Waals surface area contributed by atoms with Crippen LogP contribution >= 0.6 is 0 Å². The number of esters is 1. The summed E-state index contributed by atoms with van der Waals surface area (Å²) in [7, 11) is 1.21. The highest BCUT2D eigenvalue weighted by atomic mass is 16.5. The topological polar surface area (TPSA) is 55.8 Å². The maximum Gasteiger partial charge on any atom is 0.342 e. The van der Waals surface area contributed by atoms with Crippen molar-refractivity contribution in [2.45, 2.75) is 12.5 Å². The first-order valence-corrected chi connectivity index (χ1v) is 3.53. The van der Waals surface area contributed by atoms with Gasteiger partial charge in [0.25, 0.3) is 0 Å². The van der Waals surface area contributed by atoms with Crippen LogP contribution in [-0.2, 0) is 14.3 Å². The van der Waals surface area contributed by atoms with E-state index in [1.54, 1.807) is 12.2 Å². The van der Waals surface area contributed by atoms with Crippen molar-refractivity contribution in [1.82, 2.24) is 0 Å². The fourth-order valence-corrected chi connectivity index (χ4v) is 0.818. The minimum absolute atomic E-state index is 0.226. The zero-order valence-corrected chi connectivity index (χ0v) is 6.69. The number of methoxy groups -OCH3 is 1. The van der Waals surface area contributed by atoms with Gasteiger partial charge >= 0.3 is 5.97 Å². The summed E-state index contributed by atoms with van der Waals surface area (Å²) in [5.74, 6) is -0.485. The number of aliphatic hydroxyl groups is 1. The molecule has 4 nitrogen and oxygen atoms in total. The first-order valence-electron chi connectivity index (χ1n) is 3.53. The molecule has 1 N–H and O–H groups in total. The Morgan fingerprint density at radius 3 is 3.08 bits per heavy atom. The Morgan fingerprint density at radius 2 is 2.58 bits per heavy atom. The molecule has 0 saturated heterocycles. The van der Waals surface area contributed by atoms with Gasteiger partial charge in [-0.15, -0.1) is 0 Å². The number of hydrogen-bond donors (Lipinski definition) is 1. The molecule has 1 atom stereocenters. The van der Waals surface area contributed by atoms with Crippen molar-refractivity contribution in [2.24, 2.45) is 0 Å². The first kappa shape index (κ1) is 8.80. The molecule has 0 aromatic heterocycles. The highest BCUT2D eigenvalue weighted by molar-refractivity contribution is 5.77. The smallest absolute Gasteiger partial charge is 0.342 e. The molecule has 0 bridgehead atoms. The van der Waals surface area contributed by atoms with Crippen molar-refractivity contribution in [1.29, 1.82) is 0 Å². The molecule has 0 aromatic rings. The van der Waals surface area contributed by atoms with Crippen LogP contribution in [0.3, 0.4) is 0 Å². The van der Waals surface area contributed by atoms with E-state index < -0.39 is 12.1 Å². The summed E-state index contributed by atoms with van der Waals surface area (Å²) in [6.07, 6.45) is 4.18. The summed E-state index contributed by atoms with van der Waals surface area (Å²) in [4.78, 5) is 10.8. The van der Waals surface area contributed by atoms with E-state index in [2.05, 4.69) is 4.74 Å². The molecule has 0 amide bonds. The molecule has 1 aliphatic heterocycles. The Morgan fingerprint density at radius 1 is 1.83 bits per heavy atom. The molecule has 0 fully saturated rings. The highest BCUT2D eigenvalue weighted by Crippen LogP contribution is 2.12. The first-order chi connectivity index (χ1) is 5.75. The summed E-state index contributed by atoms with van der Waals surface area (Å²) in [6.45, 7) is 0. The van der Waals surface area contributed by atoms with E-state index in [0.29, 0.717) is 6.42 Å². The molecule has 0 saturated carbocycles. The molecule has 0 radical (unpaired) electrons. The Hall–Kier alpha value is -1.29. The van der Waals surface area contributed by atoms with Crippen LogP contribution in [0.2, 0.25) is 0 Å². The molecule has 1 unspecified atom stereocenters. The van der Waals surface area contributed by atoms with Crippen molar-refractivity contribution in [3.8, 4) is 0 Å². The summed E-state index contributed by atoms with van der Waals surface area (Å²) in [6, 6.07) is 0. The third kappa shape index (κ3) is 1.85. The minimum atomic E-state index is -1.31. The van der Waals surface area contributed by atoms with Gasteiger partial charge in [-0.25, -0.2) is 4.79 Å². The molecule has 1 rings (SSSR count). The molecule has 0 aromatic carbocycles. The number of allylic oxidation sites excluding steroid dienone is 2. The van der Waals surface area contributed by atoms with Crippen LogP contribution in [0.5, 0.6) is 0 Å². The number of carbonyl (C=O) groups is 1. The lowest BCUT2D eigenvalue weighted by Crippen LogP contribution is -2.25. The lowest BCUT2D eigenvalue weighted by Gasteiger charge is -2.13. The van der Waals surface area contributed by atoms with Gasteiger partial charge in [0.1, 0.15) is 5.76 Å². The Labute approximate surface area is 70.1 Å². The van der Waals surface area contributed by atoms with Crippen LogP contribution in [0.1, 0.15) is 6.42 Å². The predicted octanol–water partition coefficient (Wildman–Crippen LogP) is 0.338. The van der Waals surface area contributed by atoms with E-state index in [1.165, 1.54) is 13.4 Å². The van der Waals surface area contributed by atoms with Gasteiger partial charge in [-0.05, 0) is 18.6 Å². The number of carbonyl (C=O) groups excluding carboxylic acids is 1. The third-order valence-corrected chi connectivity index (χ3v) is 1.45. The van der Waals surface area contributed by atoms with Gasteiger partial charge < -0.3 is 14.6 Å². The van der Waals surface area contributed by atoms with E-state index in [1.807, 2.05) is 0 Å². The van der Waals surface area contributed by atoms with Crippen LogP contribution < -0.4 is 0 Å². The quantitative estimate of drug-likeness (QED) is 0.607. The van der Waals surface area contributed by atoms with Crippen LogP contribution in [0.25, 0.3) is 0 Å². The third-order valence-electron chi connectivity index (χ3n) is 1.45. The summed E-state index contributed by atoms with van der Waals surface area (Å²) < 4.78 is 9.22. The van der Waals surface area contributed by atoms with Gasteiger partial charge in [-0.1, -0.05) is 0 Å². The second-order valence-corrected chi connectivity index (χ2v) is 2.26. The van der Waals surface area contributed by atoms with Crippen molar-refractivity contribution in [2.75, 3.05) is 7.11 Å². The number of aliphatic hydroxyl groups excluding tert-OH is 1.